The van der Waals surface area contributed by atoms with Gasteiger partial charge in [0, 0.05) is 13.3 Å². The zero-order chi connectivity index (χ0) is 10.8. The number of esters is 1. The second-order valence-electron chi connectivity index (χ2n) is 3.47. The van der Waals surface area contributed by atoms with E-state index in [1.807, 2.05) is 18.2 Å². The van der Waals surface area contributed by atoms with E-state index in [4.69, 9.17) is 9.47 Å². The van der Waals surface area contributed by atoms with Crippen molar-refractivity contribution in [3.63, 3.8) is 0 Å². The molecule has 2 rings (SSSR count). The largest absolute Gasteiger partial charge is 0.452 e. The summed E-state index contributed by atoms with van der Waals surface area (Å²) in [6.07, 6.45) is -1.25. The van der Waals surface area contributed by atoms with E-state index in [1.54, 1.807) is 6.07 Å². The SMILES string of the molecule is CC(=O)OC1Oc2ccccc2CC1O. The lowest BCUT2D eigenvalue weighted by Crippen LogP contribution is -2.40. The van der Waals surface area contributed by atoms with Crippen LogP contribution in [0.4, 0.5) is 0 Å². The van der Waals surface area contributed by atoms with E-state index in [1.165, 1.54) is 6.92 Å². The number of carbonyl (C=O) groups is 1. The summed E-state index contributed by atoms with van der Waals surface area (Å²) in [5.74, 6) is 0.201. The van der Waals surface area contributed by atoms with Crippen LogP contribution in [0.5, 0.6) is 5.75 Å². The normalized spacial score (nSPS) is 23.9. The van der Waals surface area contributed by atoms with Crippen LogP contribution in [0.2, 0.25) is 0 Å². The van der Waals surface area contributed by atoms with Gasteiger partial charge in [0.2, 0.25) is 0 Å². The molecule has 1 aliphatic rings. The number of benzene rings is 1. The van der Waals surface area contributed by atoms with Gasteiger partial charge in [0.1, 0.15) is 11.9 Å². The van der Waals surface area contributed by atoms with Gasteiger partial charge in [-0.1, -0.05) is 18.2 Å². The zero-order valence-electron chi connectivity index (χ0n) is 8.34. The number of hydrogen-bond donors (Lipinski definition) is 1. The lowest BCUT2D eigenvalue weighted by Gasteiger charge is -2.29. The maximum absolute atomic E-state index is 10.8. The van der Waals surface area contributed by atoms with E-state index < -0.39 is 18.4 Å². The maximum Gasteiger partial charge on any atom is 0.305 e. The van der Waals surface area contributed by atoms with E-state index in [9.17, 15) is 9.90 Å². The van der Waals surface area contributed by atoms with Crippen molar-refractivity contribution in [1.82, 2.24) is 0 Å². The summed E-state index contributed by atoms with van der Waals surface area (Å²) < 4.78 is 10.2. The summed E-state index contributed by atoms with van der Waals surface area (Å²) in [7, 11) is 0. The molecule has 0 aromatic heterocycles. The lowest BCUT2D eigenvalue weighted by atomic mass is 10.0. The Bertz CT molecular complexity index is 375. The molecule has 1 aromatic carbocycles. The van der Waals surface area contributed by atoms with Gasteiger partial charge in [0.15, 0.2) is 0 Å². The monoisotopic (exact) mass is 208 g/mol. The van der Waals surface area contributed by atoms with Crippen molar-refractivity contribution in [3.8, 4) is 5.75 Å². The van der Waals surface area contributed by atoms with E-state index in [2.05, 4.69) is 0 Å². The number of aliphatic hydroxyl groups is 1. The van der Waals surface area contributed by atoms with Crippen molar-refractivity contribution < 1.29 is 19.4 Å². The second-order valence-corrected chi connectivity index (χ2v) is 3.47. The van der Waals surface area contributed by atoms with E-state index in [0.717, 1.165) is 5.56 Å². The van der Waals surface area contributed by atoms with Crippen molar-refractivity contribution in [3.05, 3.63) is 29.8 Å². The van der Waals surface area contributed by atoms with Crippen LogP contribution in [0.3, 0.4) is 0 Å². The minimum absolute atomic E-state index is 0.439. The van der Waals surface area contributed by atoms with Gasteiger partial charge in [-0.3, -0.25) is 4.79 Å². The molecule has 1 aliphatic heterocycles. The number of carbonyl (C=O) groups excluding carboxylic acids is 1. The first kappa shape index (κ1) is 9.98. The van der Waals surface area contributed by atoms with Crippen molar-refractivity contribution in [1.29, 1.82) is 0 Å². The van der Waals surface area contributed by atoms with Gasteiger partial charge in [-0.2, -0.15) is 0 Å². The molecular formula is C11H12O4. The van der Waals surface area contributed by atoms with Crippen LogP contribution < -0.4 is 4.74 Å². The zero-order valence-corrected chi connectivity index (χ0v) is 8.34. The summed E-state index contributed by atoms with van der Waals surface area (Å²) >= 11 is 0. The Labute approximate surface area is 87.4 Å². The fourth-order valence-electron chi connectivity index (χ4n) is 1.58. The van der Waals surface area contributed by atoms with Crippen molar-refractivity contribution in [2.45, 2.75) is 25.7 Å². The van der Waals surface area contributed by atoms with Crippen LogP contribution in [0.1, 0.15) is 12.5 Å². The lowest BCUT2D eigenvalue weighted by molar-refractivity contribution is -0.180. The Morgan fingerprint density at radius 1 is 1.53 bits per heavy atom. The van der Waals surface area contributed by atoms with Gasteiger partial charge in [0.25, 0.3) is 6.29 Å². The van der Waals surface area contributed by atoms with Crippen molar-refractivity contribution in [2.24, 2.45) is 0 Å². The molecule has 4 heteroatoms. The number of fused-ring (bicyclic) bond motifs is 1. The molecule has 0 bridgehead atoms. The first-order valence-electron chi connectivity index (χ1n) is 4.76. The Balaban J connectivity index is 2.18. The van der Waals surface area contributed by atoms with Crippen molar-refractivity contribution in [2.75, 3.05) is 0 Å². The molecule has 4 nitrogen and oxygen atoms in total. The van der Waals surface area contributed by atoms with Crippen LogP contribution in [-0.2, 0) is 16.0 Å². The predicted octanol–water partition coefficient (Wildman–Crippen LogP) is 0.872. The smallest absolute Gasteiger partial charge is 0.305 e. The molecule has 2 unspecified atom stereocenters. The molecule has 1 aromatic rings. The third-order valence-corrected chi connectivity index (χ3v) is 2.24. The molecule has 0 spiro atoms. The molecule has 2 atom stereocenters. The molecule has 0 saturated heterocycles. The van der Waals surface area contributed by atoms with Crippen LogP contribution in [0, 0.1) is 0 Å². The molecular weight excluding hydrogens is 196 g/mol. The average molecular weight is 208 g/mol. The molecule has 0 amide bonds. The molecule has 15 heavy (non-hydrogen) atoms. The summed E-state index contributed by atoms with van der Waals surface area (Å²) in [6.45, 7) is 1.29. The third-order valence-electron chi connectivity index (χ3n) is 2.24. The highest BCUT2D eigenvalue weighted by Gasteiger charge is 2.30. The summed E-state index contributed by atoms with van der Waals surface area (Å²) in [5, 5.41) is 9.66. The number of ether oxygens (including phenoxy) is 2. The van der Waals surface area contributed by atoms with E-state index >= 15 is 0 Å². The Morgan fingerprint density at radius 3 is 3.00 bits per heavy atom. The van der Waals surface area contributed by atoms with Gasteiger partial charge in [-0.05, 0) is 11.6 Å². The highest BCUT2D eigenvalue weighted by atomic mass is 16.7. The second kappa shape index (κ2) is 3.90. The van der Waals surface area contributed by atoms with Crippen molar-refractivity contribution >= 4 is 5.97 Å². The van der Waals surface area contributed by atoms with Gasteiger partial charge in [-0.25, -0.2) is 0 Å². The van der Waals surface area contributed by atoms with Gasteiger partial charge in [0.05, 0.1) is 0 Å². The third kappa shape index (κ3) is 2.10. The van der Waals surface area contributed by atoms with Gasteiger partial charge >= 0.3 is 5.97 Å². The molecule has 80 valence electrons. The highest BCUT2D eigenvalue weighted by molar-refractivity contribution is 5.66. The van der Waals surface area contributed by atoms with Crippen LogP contribution in [0.15, 0.2) is 24.3 Å². The maximum atomic E-state index is 10.8. The van der Waals surface area contributed by atoms with Gasteiger partial charge in [-0.15, -0.1) is 0 Å². The molecule has 1 N–H and O–H groups in total. The van der Waals surface area contributed by atoms with E-state index in [-0.39, 0.29) is 0 Å². The first-order valence-corrected chi connectivity index (χ1v) is 4.76. The van der Waals surface area contributed by atoms with Crippen LogP contribution in [0.25, 0.3) is 0 Å². The molecule has 0 fully saturated rings. The Hall–Kier alpha value is -1.55. The molecule has 0 radical (unpaired) electrons. The summed E-state index contributed by atoms with van der Waals surface area (Å²) in [4.78, 5) is 10.8. The van der Waals surface area contributed by atoms with Crippen LogP contribution >= 0.6 is 0 Å². The van der Waals surface area contributed by atoms with Gasteiger partial charge < -0.3 is 14.6 Å². The quantitative estimate of drug-likeness (QED) is 0.696. The van der Waals surface area contributed by atoms with Crippen LogP contribution in [-0.4, -0.2) is 23.5 Å². The fourth-order valence-corrected chi connectivity index (χ4v) is 1.58. The minimum Gasteiger partial charge on any atom is -0.452 e. The predicted molar refractivity (Wildman–Crippen MR) is 52.3 cm³/mol. The number of aliphatic hydroxyl groups excluding tert-OH is 1. The Morgan fingerprint density at radius 2 is 2.27 bits per heavy atom. The minimum atomic E-state index is -0.891. The first-order chi connectivity index (χ1) is 7.16. The highest BCUT2D eigenvalue weighted by Crippen LogP contribution is 2.27. The topological polar surface area (TPSA) is 55.8 Å². The Kier molecular flexibility index (Phi) is 2.60. The average Bonchev–Trinajstić information content (AvgIpc) is 2.18. The van der Waals surface area contributed by atoms with E-state index in [0.29, 0.717) is 12.2 Å². The molecule has 1 heterocycles. The fraction of sp³-hybridized carbons (Fsp3) is 0.364. The molecule has 0 saturated carbocycles. The summed E-state index contributed by atoms with van der Waals surface area (Å²) in [5.41, 5.74) is 0.924. The number of rotatable bonds is 1. The standard InChI is InChI=1S/C11H12O4/c1-7(12)14-11-9(13)6-8-4-2-3-5-10(8)15-11/h2-5,9,11,13H,6H2,1H3. The molecule has 0 aliphatic carbocycles. The number of hydrogen-bond acceptors (Lipinski definition) is 4. The summed E-state index contributed by atoms with van der Waals surface area (Å²) in [6, 6.07) is 7.38. The number of para-hydroxylation sites is 1.